The van der Waals surface area contributed by atoms with Crippen molar-refractivity contribution in [3.8, 4) is 16.9 Å². The Morgan fingerprint density at radius 2 is 1.70 bits per heavy atom. The first-order valence-corrected chi connectivity index (χ1v) is 15.9. The van der Waals surface area contributed by atoms with Crippen LogP contribution < -0.4 is 30.9 Å². The number of anilines is 3. The number of benzene rings is 3. The van der Waals surface area contributed by atoms with Gasteiger partial charge in [0.15, 0.2) is 0 Å². The van der Waals surface area contributed by atoms with E-state index < -0.39 is 35.4 Å². The molecule has 246 valence electrons. The highest BCUT2D eigenvalue weighted by atomic mass is 16.5. The van der Waals surface area contributed by atoms with E-state index in [0.29, 0.717) is 29.7 Å². The van der Waals surface area contributed by atoms with Crippen LogP contribution in [0.5, 0.6) is 5.75 Å². The maximum Gasteiger partial charge on any atom is 0.257 e. The molecule has 11 heteroatoms. The number of nitrogens with zero attached hydrogens (tertiary/aromatic N) is 3. The van der Waals surface area contributed by atoms with Crippen LogP contribution in [0.25, 0.3) is 22.0 Å². The van der Waals surface area contributed by atoms with E-state index in [1.54, 1.807) is 26.1 Å². The van der Waals surface area contributed by atoms with Gasteiger partial charge in [-0.25, -0.2) is 14.9 Å². The van der Waals surface area contributed by atoms with Crippen molar-refractivity contribution in [3.05, 3.63) is 73.1 Å². The molecule has 1 aromatic heterocycles. The molecule has 5 rings (SSSR count). The van der Waals surface area contributed by atoms with Crippen LogP contribution in [0.4, 0.5) is 17.2 Å². The molecule has 1 fully saturated rings. The molecule has 4 N–H and O–H groups in total. The van der Waals surface area contributed by atoms with Gasteiger partial charge in [-0.3, -0.25) is 14.4 Å². The van der Waals surface area contributed by atoms with Gasteiger partial charge in [0.25, 0.3) is 11.8 Å². The average molecular weight is 638 g/mol. The standard InChI is InChI=1S/C36H43N7O4/c1-22(37-5)33(44)42-31(36(2,3)4)35(46)43(34(45)27-13-10-18-38-27)29-19-26-28(20-30(29)47-6)39-21-40-32(26)41-25-16-14-24(15-17-25)23-11-8-7-9-12-23/h7-9,11-12,14-17,19-22,27,31,37-38H,10,13,18H2,1-6H3,(H,42,44)(H,39,40,41)/t22-,27-,31+/m0/s1. The molecule has 3 atom stereocenters. The number of fused-ring (bicyclic) bond motifs is 1. The number of hydrogen-bond acceptors (Lipinski definition) is 9. The molecule has 0 bridgehead atoms. The van der Waals surface area contributed by atoms with Crippen LogP contribution in [0.2, 0.25) is 0 Å². The summed E-state index contributed by atoms with van der Waals surface area (Å²) in [6.07, 6.45) is 2.83. The van der Waals surface area contributed by atoms with Crippen molar-refractivity contribution >= 4 is 45.8 Å². The zero-order valence-electron chi connectivity index (χ0n) is 27.8. The smallest absolute Gasteiger partial charge is 0.257 e. The van der Waals surface area contributed by atoms with Gasteiger partial charge in [-0.15, -0.1) is 0 Å². The van der Waals surface area contributed by atoms with Gasteiger partial charge < -0.3 is 26.0 Å². The number of nitrogens with one attached hydrogen (secondary N) is 4. The van der Waals surface area contributed by atoms with E-state index in [9.17, 15) is 14.4 Å². The Hall–Kier alpha value is -4.87. The van der Waals surface area contributed by atoms with Crippen molar-refractivity contribution in [2.75, 3.05) is 30.9 Å². The summed E-state index contributed by atoms with van der Waals surface area (Å²) in [7, 11) is 3.16. The number of carbonyl (C=O) groups excluding carboxylic acids is 3. The first kappa shape index (κ1) is 33.5. The van der Waals surface area contributed by atoms with E-state index in [2.05, 4.69) is 43.4 Å². The Kier molecular flexibility index (Phi) is 10.2. The number of ether oxygens (including phenoxy) is 1. The molecule has 0 unspecified atom stereocenters. The predicted molar refractivity (Wildman–Crippen MR) is 185 cm³/mol. The van der Waals surface area contributed by atoms with Crippen molar-refractivity contribution in [1.82, 2.24) is 25.9 Å². The fourth-order valence-corrected chi connectivity index (χ4v) is 5.60. The normalized spacial score (nSPS) is 15.9. The van der Waals surface area contributed by atoms with E-state index in [0.717, 1.165) is 28.1 Å². The molecule has 0 aliphatic carbocycles. The number of hydrogen-bond donors (Lipinski definition) is 4. The summed E-state index contributed by atoms with van der Waals surface area (Å²) >= 11 is 0. The summed E-state index contributed by atoms with van der Waals surface area (Å²) in [5, 5.41) is 13.0. The average Bonchev–Trinajstić information content (AvgIpc) is 3.62. The fourth-order valence-electron chi connectivity index (χ4n) is 5.60. The first-order valence-electron chi connectivity index (χ1n) is 15.9. The Balaban J connectivity index is 1.58. The quantitative estimate of drug-likeness (QED) is 0.193. The molecule has 0 spiro atoms. The van der Waals surface area contributed by atoms with Crippen LogP contribution in [-0.2, 0) is 14.4 Å². The van der Waals surface area contributed by atoms with Gasteiger partial charge in [0.2, 0.25) is 5.91 Å². The number of methoxy groups -OCH3 is 1. The van der Waals surface area contributed by atoms with Crippen molar-refractivity contribution < 1.29 is 19.1 Å². The maximum atomic E-state index is 14.6. The summed E-state index contributed by atoms with van der Waals surface area (Å²) in [5.41, 5.74) is 3.06. The lowest BCUT2D eigenvalue weighted by Crippen LogP contribution is -2.60. The summed E-state index contributed by atoms with van der Waals surface area (Å²) in [4.78, 5) is 52.0. The lowest BCUT2D eigenvalue weighted by Gasteiger charge is -2.36. The van der Waals surface area contributed by atoms with E-state index in [4.69, 9.17) is 4.74 Å². The Morgan fingerprint density at radius 1 is 1.00 bits per heavy atom. The number of carbonyl (C=O) groups is 3. The number of aromatic nitrogens is 2. The number of likely N-dealkylation sites (N-methyl/N-ethyl adjacent to an activating group) is 1. The van der Waals surface area contributed by atoms with E-state index >= 15 is 0 Å². The van der Waals surface area contributed by atoms with Crippen LogP contribution in [0, 0.1) is 5.41 Å². The zero-order chi connectivity index (χ0) is 33.7. The minimum atomic E-state index is -1.02. The predicted octanol–water partition coefficient (Wildman–Crippen LogP) is 4.80. The van der Waals surface area contributed by atoms with E-state index in [1.807, 2.05) is 63.2 Å². The van der Waals surface area contributed by atoms with Crippen LogP contribution in [0.1, 0.15) is 40.5 Å². The second kappa shape index (κ2) is 14.3. The molecule has 0 radical (unpaired) electrons. The highest BCUT2D eigenvalue weighted by molar-refractivity contribution is 6.20. The monoisotopic (exact) mass is 637 g/mol. The first-order chi connectivity index (χ1) is 22.5. The van der Waals surface area contributed by atoms with Gasteiger partial charge in [-0.2, -0.15) is 0 Å². The maximum absolute atomic E-state index is 14.6. The van der Waals surface area contributed by atoms with Crippen molar-refractivity contribution in [2.24, 2.45) is 5.41 Å². The van der Waals surface area contributed by atoms with Crippen LogP contribution in [0.15, 0.2) is 73.1 Å². The Morgan fingerprint density at radius 3 is 2.32 bits per heavy atom. The summed E-state index contributed by atoms with van der Waals surface area (Å²) in [6.45, 7) is 7.94. The van der Waals surface area contributed by atoms with Gasteiger partial charge in [0, 0.05) is 17.1 Å². The summed E-state index contributed by atoms with van der Waals surface area (Å²) < 4.78 is 5.77. The third kappa shape index (κ3) is 7.42. The SMILES string of the molecule is CN[C@@H](C)C(=O)N[C@H](C(=O)N(C(=O)[C@@H]1CCCN1)c1cc2c(Nc3ccc(-c4ccccc4)cc3)ncnc2cc1OC)C(C)(C)C. The molecule has 0 saturated carbocycles. The third-order valence-corrected chi connectivity index (χ3v) is 8.46. The molecule has 4 aromatic rings. The molecule has 3 amide bonds. The molecular formula is C36H43N7O4. The van der Waals surface area contributed by atoms with Gasteiger partial charge >= 0.3 is 0 Å². The van der Waals surface area contributed by atoms with E-state index in [1.165, 1.54) is 13.4 Å². The highest BCUT2D eigenvalue weighted by Gasteiger charge is 2.42. The molecule has 11 nitrogen and oxygen atoms in total. The summed E-state index contributed by atoms with van der Waals surface area (Å²) in [5.74, 6) is -0.548. The number of amides is 3. The van der Waals surface area contributed by atoms with Crippen molar-refractivity contribution in [2.45, 2.75) is 58.7 Å². The molecule has 47 heavy (non-hydrogen) atoms. The fraction of sp³-hybridized carbons (Fsp3) is 0.361. The third-order valence-electron chi connectivity index (χ3n) is 8.46. The molecular weight excluding hydrogens is 594 g/mol. The molecule has 1 saturated heterocycles. The minimum absolute atomic E-state index is 0.242. The molecule has 2 heterocycles. The van der Waals surface area contributed by atoms with Crippen LogP contribution >= 0.6 is 0 Å². The van der Waals surface area contributed by atoms with Crippen molar-refractivity contribution in [3.63, 3.8) is 0 Å². The van der Waals surface area contributed by atoms with Gasteiger partial charge in [-0.05, 0) is 68.1 Å². The molecule has 3 aromatic carbocycles. The molecule has 1 aliphatic heterocycles. The minimum Gasteiger partial charge on any atom is -0.494 e. The zero-order valence-corrected chi connectivity index (χ0v) is 27.8. The van der Waals surface area contributed by atoms with E-state index in [-0.39, 0.29) is 17.3 Å². The number of rotatable bonds is 10. The Labute approximate surface area is 275 Å². The molecule has 1 aliphatic rings. The van der Waals surface area contributed by atoms with Gasteiger partial charge in [0.05, 0.1) is 30.4 Å². The van der Waals surface area contributed by atoms with Crippen molar-refractivity contribution in [1.29, 1.82) is 0 Å². The second-order valence-corrected chi connectivity index (χ2v) is 12.8. The number of imide groups is 1. The second-order valence-electron chi connectivity index (χ2n) is 12.8. The van der Waals surface area contributed by atoms with Gasteiger partial charge in [-0.1, -0.05) is 63.2 Å². The topological polar surface area (TPSA) is 138 Å². The lowest BCUT2D eigenvalue weighted by molar-refractivity contribution is -0.134. The highest BCUT2D eigenvalue weighted by Crippen LogP contribution is 2.38. The van der Waals surface area contributed by atoms with Gasteiger partial charge in [0.1, 0.15) is 23.9 Å². The lowest BCUT2D eigenvalue weighted by atomic mass is 9.85. The summed E-state index contributed by atoms with van der Waals surface area (Å²) in [6, 6.07) is 19.4. The van der Waals surface area contributed by atoms with Crippen LogP contribution in [0.3, 0.4) is 0 Å². The Bertz CT molecular complexity index is 1730. The van der Waals surface area contributed by atoms with Crippen LogP contribution in [-0.4, -0.2) is 66.5 Å². The largest absolute Gasteiger partial charge is 0.494 e.